The van der Waals surface area contributed by atoms with Crippen LogP contribution in [0.2, 0.25) is 5.15 Å². The molecule has 1 heterocycles. The molecule has 2 rings (SSSR count). The van der Waals surface area contributed by atoms with Crippen molar-refractivity contribution in [1.82, 2.24) is 4.98 Å². The van der Waals surface area contributed by atoms with Crippen LogP contribution in [0.3, 0.4) is 0 Å². The van der Waals surface area contributed by atoms with Gasteiger partial charge in [0.1, 0.15) is 16.8 Å². The number of para-hydroxylation sites is 1. The van der Waals surface area contributed by atoms with Gasteiger partial charge in [-0.1, -0.05) is 23.7 Å². The van der Waals surface area contributed by atoms with E-state index in [9.17, 15) is 9.18 Å². The Morgan fingerprint density at radius 2 is 2.05 bits per heavy atom. The van der Waals surface area contributed by atoms with Crippen LogP contribution in [0.5, 0.6) is 0 Å². The van der Waals surface area contributed by atoms with Crippen LogP contribution >= 0.6 is 11.6 Å². The predicted octanol–water partition coefficient (Wildman–Crippen LogP) is 3.34. The number of nitrogens with zero attached hydrogens (tertiary/aromatic N) is 2. The first-order chi connectivity index (χ1) is 8.99. The number of pyridine rings is 1. The van der Waals surface area contributed by atoms with E-state index in [1.54, 1.807) is 25.2 Å². The summed E-state index contributed by atoms with van der Waals surface area (Å²) in [7, 11) is 1.59. The minimum absolute atomic E-state index is 0.00168. The summed E-state index contributed by atoms with van der Waals surface area (Å²) in [5.74, 6) is -1.29. The van der Waals surface area contributed by atoms with E-state index < -0.39 is 11.8 Å². The average Bonchev–Trinajstić information content (AvgIpc) is 2.37. The normalized spacial score (nSPS) is 10.3. The van der Waals surface area contributed by atoms with Crippen LogP contribution in [-0.2, 0) is 0 Å². The summed E-state index contributed by atoms with van der Waals surface area (Å²) in [5, 5.41) is 9.00. The third-order valence-corrected chi connectivity index (χ3v) is 2.78. The van der Waals surface area contributed by atoms with E-state index in [1.807, 2.05) is 0 Å². The van der Waals surface area contributed by atoms with E-state index in [0.29, 0.717) is 0 Å². The highest BCUT2D eigenvalue weighted by molar-refractivity contribution is 6.29. The van der Waals surface area contributed by atoms with Gasteiger partial charge in [0.2, 0.25) is 0 Å². The molecule has 6 heteroatoms. The summed E-state index contributed by atoms with van der Waals surface area (Å²) < 4.78 is 13.7. The number of aromatic carboxylic acids is 1. The Kier molecular flexibility index (Phi) is 3.66. The maximum atomic E-state index is 13.7. The van der Waals surface area contributed by atoms with Gasteiger partial charge in [0.05, 0.1) is 11.3 Å². The fourth-order valence-corrected chi connectivity index (χ4v) is 1.83. The van der Waals surface area contributed by atoms with Crippen molar-refractivity contribution in [1.29, 1.82) is 0 Å². The molecule has 0 spiro atoms. The van der Waals surface area contributed by atoms with Crippen LogP contribution in [-0.4, -0.2) is 23.1 Å². The second kappa shape index (κ2) is 5.24. The van der Waals surface area contributed by atoms with Gasteiger partial charge in [0, 0.05) is 7.05 Å². The molecule has 4 nitrogen and oxygen atoms in total. The first-order valence-corrected chi connectivity index (χ1v) is 5.76. The SMILES string of the molecule is CN(c1cc(C(=O)O)cc(Cl)n1)c1ccccc1F. The van der Waals surface area contributed by atoms with Gasteiger partial charge >= 0.3 is 5.97 Å². The molecule has 0 saturated heterocycles. The molecule has 0 fully saturated rings. The smallest absolute Gasteiger partial charge is 0.335 e. The average molecular weight is 281 g/mol. The van der Waals surface area contributed by atoms with Crippen LogP contribution in [0.15, 0.2) is 36.4 Å². The molecule has 98 valence electrons. The van der Waals surface area contributed by atoms with E-state index in [2.05, 4.69) is 4.98 Å². The summed E-state index contributed by atoms with van der Waals surface area (Å²) in [4.78, 5) is 16.4. The number of anilines is 2. The van der Waals surface area contributed by atoms with Gasteiger partial charge in [-0.15, -0.1) is 0 Å². The number of hydrogen-bond acceptors (Lipinski definition) is 3. The summed E-state index contributed by atoms with van der Waals surface area (Å²) in [6, 6.07) is 8.70. The Balaban J connectivity index is 2.47. The number of carboxylic acid groups (broad SMARTS) is 1. The van der Waals surface area contributed by atoms with E-state index in [1.165, 1.54) is 23.1 Å². The molecule has 0 amide bonds. The summed E-state index contributed by atoms with van der Waals surface area (Å²) >= 11 is 5.77. The highest BCUT2D eigenvalue weighted by atomic mass is 35.5. The zero-order valence-electron chi connectivity index (χ0n) is 9.97. The molecular formula is C13H10ClFN2O2. The number of aromatic nitrogens is 1. The third-order valence-electron chi connectivity index (χ3n) is 2.58. The number of halogens is 2. The van der Waals surface area contributed by atoms with Crippen molar-refractivity contribution < 1.29 is 14.3 Å². The predicted molar refractivity (Wildman–Crippen MR) is 70.7 cm³/mol. The van der Waals surface area contributed by atoms with E-state index >= 15 is 0 Å². The molecule has 0 bridgehead atoms. The van der Waals surface area contributed by atoms with Gasteiger partial charge in [-0.25, -0.2) is 14.2 Å². The standard InChI is InChI=1S/C13H10ClFN2O2/c1-17(10-5-3-2-4-9(10)15)12-7-8(13(18)19)6-11(14)16-12/h2-7H,1H3,(H,18,19). The molecule has 0 atom stereocenters. The van der Waals surface area contributed by atoms with Crippen molar-refractivity contribution in [3.05, 3.63) is 52.9 Å². The first-order valence-electron chi connectivity index (χ1n) is 5.38. The maximum absolute atomic E-state index is 13.7. The van der Waals surface area contributed by atoms with Gasteiger partial charge < -0.3 is 10.0 Å². The van der Waals surface area contributed by atoms with Gasteiger partial charge in [-0.05, 0) is 24.3 Å². The van der Waals surface area contributed by atoms with Crippen LogP contribution < -0.4 is 4.90 Å². The molecule has 0 aliphatic heterocycles. The van der Waals surface area contributed by atoms with Gasteiger partial charge in [0.25, 0.3) is 0 Å². The number of carbonyl (C=O) groups is 1. The molecule has 0 saturated carbocycles. The van der Waals surface area contributed by atoms with Crippen molar-refractivity contribution in [2.75, 3.05) is 11.9 Å². The van der Waals surface area contributed by atoms with Crippen molar-refractivity contribution in [2.45, 2.75) is 0 Å². The summed E-state index contributed by atoms with van der Waals surface area (Å²) in [5.41, 5.74) is 0.284. The Morgan fingerprint density at radius 1 is 1.37 bits per heavy atom. The lowest BCUT2D eigenvalue weighted by molar-refractivity contribution is 0.0697. The van der Waals surface area contributed by atoms with Crippen molar-refractivity contribution >= 4 is 29.1 Å². The van der Waals surface area contributed by atoms with Gasteiger partial charge in [-0.3, -0.25) is 0 Å². The van der Waals surface area contributed by atoms with Crippen LogP contribution in [0, 0.1) is 5.82 Å². The number of benzene rings is 1. The molecule has 0 aliphatic carbocycles. The fourth-order valence-electron chi connectivity index (χ4n) is 1.63. The van der Waals surface area contributed by atoms with Crippen LogP contribution in [0.1, 0.15) is 10.4 Å². The Morgan fingerprint density at radius 3 is 2.68 bits per heavy atom. The number of hydrogen-bond donors (Lipinski definition) is 1. The summed E-state index contributed by atoms with van der Waals surface area (Å²) in [6.07, 6.45) is 0. The Bertz CT molecular complexity index is 634. The number of carboxylic acids is 1. The minimum atomic E-state index is -1.12. The second-order valence-corrected chi connectivity index (χ2v) is 4.24. The molecule has 0 radical (unpaired) electrons. The van der Waals surface area contributed by atoms with E-state index in [4.69, 9.17) is 16.7 Å². The summed E-state index contributed by atoms with van der Waals surface area (Å²) in [6.45, 7) is 0. The molecule has 2 aromatic rings. The molecule has 1 aromatic carbocycles. The van der Waals surface area contributed by atoms with E-state index in [-0.39, 0.29) is 22.2 Å². The lowest BCUT2D eigenvalue weighted by Crippen LogP contribution is -2.14. The molecule has 19 heavy (non-hydrogen) atoms. The molecule has 0 unspecified atom stereocenters. The van der Waals surface area contributed by atoms with Gasteiger partial charge in [0.15, 0.2) is 0 Å². The maximum Gasteiger partial charge on any atom is 0.335 e. The van der Waals surface area contributed by atoms with Crippen molar-refractivity contribution in [3.8, 4) is 0 Å². The molecular weight excluding hydrogens is 271 g/mol. The minimum Gasteiger partial charge on any atom is -0.478 e. The monoisotopic (exact) mass is 280 g/mol. The first kappa shape index (κ1) is 13.3. The van der Waals surface area contributed by atoms with Gasteiger partial charge in [-0.2, -0.15) is 0 Å². The lowest BCUT2D eigenvalue weighted by atomic mass is 10.2. The van der Waals surface area contributed by atoms with Crippen LogP contribution in [0.25, 0.3) is 0 Å². The van der Waals surface area contributed by atoms with Crippen LogP contribution in [0.4, 0.5) is 15.9 Å². The number of rotatable bonds is 3. The highest BCUT2D eigenvalue weighted by Gasteiger charge is 2.14. The third kappa shape index (κ3) is 2.82. The molecule has 1 aromatic heterocycles. The van der Waals surface area contributed by atoms with Crippen molar-refractivity contribution in [3.63, 3.8) is 0 Å². The molecule has 0 aliphatic rings. The zero-order chi connectivity index (χ0) is 14.0. The zero-order valence-corrected chi connectivity index (χ0v) is 10.7. The Labute approximate surface area is 114 Å². The Hall–Kier alpha value is -2.14. The van der Waals surface area contributed by atoms with Crippen molar-refractivity contribution in [2.24, 2.45) is 0 Å². The highest BCUT2D eigenvalue weighted by Crippen LogP contribution is 2.26. The second-order valence-electron chi connectivity index (χ2n) is 3.85. The topological polar surface area (TPSA) is 53.4 Å². The quantitative estimate of drug-likeness (QED) is 0.876. The fraction of sp³-hybridized carbons (Fsp3) is 0.0769. The molecule has 1 N–H and O–H groups in total. The lowest BCUT2D eigenvalue weighted by Gasteiger charge is -2.19. The largest absolute Gasteiger partial charge is 0.478 e. The van der Waals surface area contributed by atoms with E-state index in [0.717, 1.165) is 0 Å².